The molecule has 0 unspecified atom stereocenters. The van der Waals surface area contributed by atoms with Crippen LogP contribution in [0.4, 0.5) is 0 Å². The Kier molecular flexibility index (Phi) is 4.84. The van der Waals surface area contributed by atoms with E-state index in [9.17, 15) is 14.4 Å². The van der Waals surface area contributed by atoms with E-state index in [-0.39, 0.29) is 18.1 Å². The van der Waals surface area contributed by atoms with Gasteiger partial charge in [-0.3, -0.25) is 4.79 Å². The maximum atomic E-state index is 12.0. The molecular weight excluding hydrogens is 336 g/mol. The molecule has 0 N–H and O–H groups in total. The molecule has 6 heteroatoms. The minimum Gasteiger partial charge on any atom is -0.482 e. The van der Waals surface area contributed by atoms with Crippen molar-refractivity contribution in [3.05, 3.63) is 70.1 Å². The van der Waals surface area contributed by atoms with Crippen molar-refractivity contribution in [2.24, 2.45) is 0 Å². The van der Waals surface area contributed by atoms with Crippen molar-refractivity contribution in [1.29, 1.82) is 0 Å². The molecule has 3 rings (SSSR count). The molecule has 6 nitrogen and oxygen atoms in total. The molecule has 0 spiro atoms. The summed E-state index contributed by atoms with van der Waals surface area (Å²) in [5.41, 5.74) is 1.15. The standard InChI is InChI=1S/C20H16O6/c1-12-8-19(22)26-18-10-16(6-7-17(12)18)25-20(23)11-24-15-5-3-4-14(9-15)13(2)21/h3-10H,11H2,1-2H3. The summed E-state index contributed by atoms with van der Waals surface area (Å²) < 4.78 is 15.7. The van der Waals surface area contributed by atoms with Gasteiger partial charge in [0, 0.05) is 23.1 Å². The summed E-state index contributed by atoms with van der Waals surface area (Å²) in [6.45, 7) is 2.93. The fourth-order valence-corrected chi connectivity index (χ4v) is 2.48. The summed E-state index contributed by atoms with van der Waals surface area (Å²) in [5, 5.41) is 0.765. The maximum absolute atomic E-state index is 12.0. The van der Waals surface area contributed by atoms with Crippen LogP contribution in [0, 0.1) is 6.92 Å². The Morgan fingerprint density at radius 3 is 2.62 bits per heavy atom. The van der Waals surface area contributed by atoms with E-state index in [1.54, 1.807) is 43.3 Å². The van der Waals surface area contributed by atoms with Gasteiger partial charge >= 0.3 is 11.6 Å². The number of hydrogen-bond donors (Lipinski definition) is 0. The first-order valence-electron chi connectivity index (χ1n) is 7.91. The molecule has 0 fully saturated rings. The van der Waals surface area contributed by atoms with Gasteiger partial charge < -0.3 is 13.9 Å². The molecule has 0 atom stereocenters. The van der Waals surface area contributed by atoms with Crippen LogP contribution < -0.4 is 15.1 Å². The van der Waals surface area contributed by atoms with Gasteiger partial charge in [0.1, 0.15) is 17.1 Å². The third kappa shape index (κ3) is 3.97. The molecule has 0 amide bonds. The second kappa shape index (κ2) is 7.23. The van der Waals surface area contributed by atoms with Crippen LogP contribution in [0.2, 0.25) is 0 Å². The van der Waals surface area contributed by atoms with Gasteiger partial charge in [0.15, 0.2) is 12.4 Å². The molecule has 0 aliphatic heterocycles. The van der Waals surface area contributed by atoms with Gasteiger partial charge in [-0.15, -0.1) is 0 Å². The highest BCUT2D eigenvalue weighted by molar-refractivity contribution is 5.94. The minimum absolute atomic E-state index is 0.0917. The van der Waals surface area contributed by atoms with Gasteiger partial charge in [0.05, 0.1) is 0 Å². The Labute approximate surface area is 149 Å². The van der Waals surface area contributed by atoms with Gasteiger partial charge in [-0.2, -0.15) is 0 Å². The van der Waals surface area contributed by atoms with Crippen molar-refractivity contribution in [3.8, 4) is 11.5 Å². The largest absolute Gasteiger partial charge is 0.482 e. The van der Waals surface area contributed by atoms with Gasteiger partial charge in [0.2, 0.25) is 0 Å². The molecule has 0 aliphatic carbocycles. The predicted octanol–water partition coefficient (Wildman–Crippen LogP) is 3.29. The second-order valence-electron chi connectivity index (χ2n) is 5.75. The average molecular weight is 352 g/mol. The quantitative estimate of drug-likeness (QED) is 0.303. The summed E-state index contributed by atoms with van der Waals surface area (Å²) >= 11 is 0. The lowest BCUT2D eigenvalue weighted by Gasteiger charge is -2.08. The zero-order valence-electron chi connectivity index (χ0n) is 14.3. The number of ketones is 1. The minimum atomic E-state index is -0.618. The Morgan fingerprint density at radius 2 is 1.85 bits per heavy atom. The SMILES string of the molecule is CC(=O)c1cccc(OCC(=O)Oc2ccc3c(C)cc(=O)oc3c2)c1. The first-order chi connectivity index (χ1) is 12.4. The molecule has 2 aromatic carbocycles. The molecule has 0 saturated carbocycles. The third-order valence-corrected chi connectivity index (χ3v) is 3.75. The second-order valence-corrected chi connectivity index (χ2v) is 5.75. The fraction of sp³-hybridized carbons (Fsp3) is 0.150. The fourth-order valence-electron chi connectivity index (χ4n) is 2.48. The molecule has 0 radical (unpaired) electrons. The van der Waals surface area contributed by atoms with Crippen LogP contribution in [0.1, 0.15) is 22.8 Å². The summed E-state index contributed by atoms with van der Waals surface area (Å²) in [5.74, 6) is -0.0642. The number of Topliss-reactive ketones (excluding diaryl/α,β-unsaturated/α-hetero) is 1. The highest BCUT2D eigenvalue weighted by atomic mass is 16.6. The Balaban J connectivity index is 1.68. The Bertz CT molecular complexity index is 1050. The molecule has 132 valence electrons. The van der Waals surface area contributed by atoms with E-state index in [2.05, 4.69) is 0 Å². The van der Waals surface area contributed by atoms with E-state index in [1.807, 2.05) is 0 Å². The molecule has 0 bridgehead atoms. The molecule has 1 aromatic heterocycles. The number of benzene rings is 2. The van der Waals surface area contributed by atoms with Crippen molar-refractivity contribution >= 4 is 22.7 Å². The Hall–Kier alpha value is -3.41. The van der Waals surface area contributed by atoms with E-state index >= 15 is 0 Å². The van der Waals surface area contributed by atoms with Gasteiger partial charge in [-0.1, -0.05) is 12.1 Å². The maximum Gasteiger partial charge on any atom is 0.349 e. The Morgan fingerprint density at radius 1 is 1.04 bits per heavy atom. The van der Waals surface area contributed by atoms with Crippen LogP contribution >= 0.6 is 0 Å². The van der Waals surface area contributed by atoms with Crippen LogP contribution in [0.25, 0.3) is 11.0 Å². The topological polar surface area (TPSA) is 82.8 Å². The summed E-state index contributed by atoms with van der Waals surface area (Å²) in [6, 6.07) is 12.8. The highest BCUT2D eigenvalue weighted by Gasteiger charge is 2.10. The van der Waals surface area contributed by atoms with E-state index in [0.717, 1.165) is 10.9 Å². The molecule has 3 aromatic rings. The number of carbonyl (C=O) groups excluding carboxylic acids is 2. The number of esters is 1. The number of rotatable bonds is 5. The van der Waals surface area contributed by atoms with Crippen molar-refractivity contribution in [2.75, 3.05) is 6.61 Å². The summed E-state index contributed by atoms with van der Waals surface area (Å²) in [6.07, 6.45) is 0. The molecule has 0 aliphatic rings. The molecule has 26 heavy (non-hydrogen) atoms. The molecular formula is C20H16O6. The van der Waals surface area contributed by atoms with Gasteiger partial charge in [-0.05, 0) is 43.7 Å². The molecule has 0 saturated heterocycles. The zero-order valence-corrected chi connectivity index (χ0v) is 14.3. The third-order valence-electron chi connectivity index (χ3n) is 3.75. The lowest BCUT2D eigenvalue weighted by Crippen LogP contribution is -2.17. The first kappa shape index (κ1) is 17.4. The molecule has 1 heterocycles. The van der Waals surface area contributed by atoms with Crippen LogP contribution in [-0.4, -0.2) is 18.4 Å². The van der Waals surface area contributed by atoms with E-state index in [0.29, 0.717) is 16.9 Å². The van der Waals surface area contributed by atoms with E-state index in [4.69, 9.17) is 13.9 Å². The number of ether oxygens (including phenoxy) is 2. The zero-order chi connectivity index (χ0) is 18.7. The predicted molar refractivity (Wildman–Crippen MR) is 94.8 cm³/mol. The lowest BCUT2D eigenvalue weighted by atomic mass is 10.1. The summed E-state index contributed by atoms with van der Waals surface area (Å²) in [7, 11) is 0. The van der Waals surface area contributed by atoms with Crippen molar-refractivity contribution < 1.29 is 23.5 Å². The van der Waals surface area contributed by atoms with Gasteiger partial charge in [-0.25, -0.2) is 9.59 Å². The highest BCUT2D eigenvalue weighted by Crippen LogP contribution is 2.22. The van der Waals surface area contributed by atoms with Crippen LogP contribution in [0.3, 0.4) is 0 Å². The number of carbonyl (C=O) groups is 2. The van der Waals surface area contributed by atoms with Crippen molar-refractivity contribution in [3.63, 3.8) is 0 Å². The van der Waals surface area contributed by atoms with Crippen LogP contribution in [-0.2, 0) is 4.79 Å². The lowest BCUT2D eigenvalue weighted by molar-refractivity contribution is -0.136. The van der Waals surface area contributed by atoms with Crippen LogP contribution in [0.15, 0.2) is 57.7 Å². The van der Waals surface area contributed by atoms with E-state index < -0.39 is 11.6 Å². The van der Waals surface area contributed by atoms with Crippen LogP contribution in [0.5, 0.6) is 11.5 Å². The normalized spacial score (nSPS) is 10.5. The summed E-state index contributed by atoms with van der Waals surface area (Å²) in [4.78, 5) is 34.8. The first-order valence-corrected chi connectivity index (χ1v) is 7.91. The number of hydrogen-bond acceptors (Lipinski definition) is 6. The number of fused-ring (bicyclic) bond motifs is 1. The average Bonchev–Trinajstić information content (AvgIpc) is 2.59. The van der Waals surface area contributed by atoms with Gasteiger partial charge in [0.25, 0.3) is 0 Å². The van der Waals surface area contributed by atoms with E-state index in [1.165, 1.54) is 19.1 Å². The number of aryl methyl sites for hydroxylation is 1. The van der Waals surface area contributed by atoms with Crippen molar-refractivity contribution in [2.45, 2.75) is 13.8 Å². The smallest absolute Gasteiger partial charge is 0.349 e. The monoisotopic (exact) mass is 352 g/mol. The van der Waals surface area contributed by atoms with Crippen molar-refractivity contribution in [1.82, 2.24) is 0 Å².